The maximum Gasteiger partial charge on any atom is 0.246 e. The molecule has 0 fully saturated rings. The van der Waals surface area contributed by atoms with Gasteiger partial charge in [0.2, 0.25) is 27.6 Å². The summed E-state index contributed by atoms with van der Waals surface area (Å²) < 4.78 is 31.3. The Morgan fingerprint density at radius 1 is 1.03 bits per heavy atom. The fourth-order valence-corrected chi connectivity index (χ4v) is 4.40. The van der Waals surface area contributed by atoms with Crippen LogP contribution in [0.2, 0.25) is 0 Å². The number of hydrogen-bond acceptors (Lipinski definition) is 6. The minimum atomic E-state index is -3.68. The number of aromatic nitrogens is 2. The summed E-state index contributed by atoms with van der Waals surface area (Å²) in [5.41, 5.74) is 3.36. The van der Waals surface area contributed by atoms with E-state index in [1.54, 1.807) is 38.2 Å². The van der Waals surface area contributed by atoms with Crippen LogP contribution in [-0.4, -0.2) is 48.7 Å². The predicted octanol–water partition coefficient (Wildman–Crippen LogP) is 3.17. The van der Waals surface area contributed by atoms with Crippen molar-refractivity contribution >= 4 is 21.6 Å². The van der Waals surface area contributed by atoms with Gasteiger partial charge in [-0.15, -0.1) is 0 Å². The van der Waals surface area contributed by atoms with Crippen LogP contribution in [0.1, 0.15) is 23.9 Å². The Morgan fingerprint density at radius 2 is 1.58 bits per heavy atom. The highest BCUT2D eigenvalue weighted by Crippen LogP contribution is 2.23. The van der Waals surface area contributed by atoms with E-state index in [-0.39, 0.29) is 18.3 Å². The lowest BCUT2D eigenvalue weighted by molar-refractivity contribution is -0.131. The van der Waals surface area contributed by atoms with Crippen molar-refractivity contribution in [3.63, 3.8) is 0 Å². The molecule has 31 heavy (non-hydrogen) atoms. The third-order valence-electron chi connectivity index (χ3n) is 4.88. The third kappa shape index (κ3) is 5.29. The van der Waals surface area contributed by atoms with Crippen molar-refractivity contribution in [3.05, 3.63) is 65.5 Å². The zero-order valence-corrected chi connectivity index (χ0v) is 19.0. The fraction of sp³-hybridized carbons (Fsp3) is 0.318. The lowest BCUT2D eigenvalue weighted by Crippen LogP contribution is -2.48. The quantitative estimate of drug-likeness (QED) is 0.558. The maximum absolute atomic E-state index is 13.0. The highest BCUT2D eigenvalue weighted by molar-refractivity contribution is 7.92. The van der Waals surface area contributed by atoms with Gasteiger partial charge >= 0.3 is 0 Å². The van der Waals surface area contributed by atoms with Crippen LogP contribution in [0.3, 0.4) is 0 Å². The van der Waals surface area contributed by atoms with E-state index in [0.29, 0.717) is 11.5 Å². The molecule has 1 atom stereocenters. The number of amides is 1. The Kier molecular flexibility index (Phi) is 6.45. The summed E-state index contributed by atoms with van der Waals surface area (Å²) in [6.07, 6.45) is 1.09. The second-order valence-corrected chi connectivity index (χ2v) is 9.50. The standard InChI is InChI=1S/C22H26N4O4S/c1-15-6-10-18(11-7-15)21-23-20(30-24-21)14-25(4)22(27)17(3)26(31(5,28)29)19-12-8-16(2)9-13-19/h6-13,17H,14H2,1-5H3/t17-/m1/s1. The molecule has 0 aliphatic rings. The van der Waals surface area contributed by atoms with Crippen molar-refractivity contribution in [1.82, 2.24) is 15.0 Å². The van der Waals surface area contributed by atoms with E-state index in [4.69, 9.17) is 4.52 Å². The molecule has 0 saturated heterocycles. The van der Waals surface area contributed by atoms with Gasteiger partial charge in [0.25, 0.3) is 0 Å². The molecule has 1 heterocycles. The van der Waals surface area contributed by atoms with Crippen LogP contribution in [0.4, 0.5) is 5.69 Å². The van der Waals surface area contributed by atoms with Crippen LogP contribution in [0.5, 0.6) is 0 Å². The van der Waals surface area contributed by atoms with Crippen LogP contribution in [-0.2, 0) is 21.4 Å². The van der Waals surface area contributed by atoms with E-state index in [2.05, 4.69) is 10.1 Å². The molecule has 1 amide bonds. The third-order valence-corrected chi connectivity index (χ3v) is 6.12. The molecule has 3 rings (SSSR count). The molecule has 0 spiro atoms. The second-order valence-electron chi connectivity index (χ2n) is 7.64. The van der Waals surface area contributed by atoms with Gasteiger partial charge in [0.1, 0.15) is 6.04 Å². The first-order valence-electron chi connectivity index (χ1n) is 9.77. The number of nitrogens with zero attached hydrogens (tertiary/aromatic N) is 4. The van der Waals surface area contributed by atoms with Crippen molar-refractivity contribution in [3.8, 4) is 11.4 Å². The Balaban J connectivity index is 1.76. The summed E-state index contributed by atoms with van der Waals surface area (Å²) >= 11 is 0. The van der Waals surface area contributed by atoms with Gasteiger partial charge in [0.05, 0.1) is 18.5 Å². The molecule has 0 saturated carbocycles. The first-order valence-corrected chi connectivity index (χ1v) is 11.6. The number of carbonyl (C=O) groups is 1. The molecule has 1 aromatic heterocycles. The Morgan fingerprint density at radius 3 is 2.13 bits per heavy atom. The van der Waals surface area contributed by atoms with E-state index in [0.717, 1.165) is 27.3 Å². The van der Waals surface area contributed by atoms with Gasteiger partial charge in [-0.1, -0.05) is 52.7 Å². The van der Waals surface area contributed by atoms with Crippen molar-refractivity contribution in [1.29, 1.82) is 0 Å². The molecule has 0 unspecified atom stereocenters. The van der Waals surface area contributed by atoms with E-state index >= 15 is 0 Å². The molecular formula is C22H26N4O4S. The van der Waals surface area contributed by atoms with Gasteiger partial charge in [-0.3, -0.25) is 9.10 Å². The van der Waals surface area contributed by atoms with Crippen LogP contribution in [0, 0.1) is 13.8 Å². The van der Waals surface area contributed by atoms with Crippen LogP contribution < -0.4 is 4.31 Å². The van der Waals surface area contributed by atoms with Crippen LogP contribution in [0.15, 0.2) is 53.1 Å². The summed E-state index contributed by atoms with van der Waals surface area (Å²) in [7, 11) is -2.11. The molecule has 3 aromatic rings. The first-order chi connectivity index (χ1) is 14.6. The van der Waals surface area contributed by atoms with Gasteiger partial charge in [-0.05, 0) is 32.9 Å². The average Bonchev–Trinajstić information content (AvgIpc) is 3.17. The molecule has 8 nitrogen and oxygen atoms in total. The van der Waals surface area contributed by atoms with Gasteiger partial charge < -0.3 is 9.42 Å². The molecular weight excluding hydrogens is 416 g/mol. The number of sulfonamides is 1. The maximum atomic E-state index is 13.0. The van der Waals surface area contributed by atoms with Crippen molar-refractivity contribution in [2.45, 2.75) is 33.4 Å². The van der Waals surface area contributed by atoms with Gasteiger partial charge in [-0.25, -0.2) is 8.42 Å². The first kappa shape index (κ1) is 22.5. The molecule has 2 aromatic carbocycles. The van der Waals surface area contributed by atoms with Gasteiger partial charge in [0, 0.05) is 12.6 Å². The normalized spacial score (nSPS) is 12.4. The Labute approximate surface area is 182 Å². The minimum absolute atomic E-state index is 0.0630. The molecule has 0 radical (unpaired) electrons. The zero-order valence-electron chi connectivity index (χ0n) is 18.2. The van der Waals surface area contributed by atoms with Crippen molar-refractivity contribution in [2.24, 2.45) is 0 Å². The lowest BCUT2D eigenvalue weighted by atomic mass is 10.1. The highest BCUT2D eigenvalue weighted by Gasteiger charge is 2.31. The number of rotatable bonds is 7. The largest absolute Gasteiger partial charge is 0.337 e. The molecule has 0 bridgehead atoms. The summed E-state index contributed by atoms with van der Waals surface area (Å²) in [6, 6.07) is 13.7. The predicted molar refractivity (Wildman–Crippen MR) is 119 cm³/mol. The highest BCUT2D eigenvalue weighted by atomic mass is 32.2. The van der Waals surface area contributed by atoms with Gasteiger partial charge in [0.15, 0.2) is 0 Å². The Bertz CT molecular complexity index is 1150. The van der Waals surface area contributed by atoms with Gasteiger partial charge in [-0.2, -0.15) is 4.98 Å². The monoisotopic (exact) mass is 442 g/mol. The van der Waals surface area contributed by atoms with Crippen molar-refractivity contribution in [2.75, 3.05) is 17.6 Å². The number of aryl methyl sites for hydroxylation is 2. The average molecular weight is 443 g/mol. The number of carbonyl (C=O) groups excluding carboxylic acids is 1. The molecule has 0 N–H and O–H groups in total. The van der Waals surface area contributed by atoms with E-state index < -0.39 is 16.1 Å². The molecule has 9 heteroatoms. The fourth-order valence-electron chi connectivity index (χ4n) is 3.23. The molecule has 0 aliphatic heterocycles. The zero-order chi connectivity index (χ0) is 22.8. The number of benzene rings is 2. The lowest BCUT2D eigenvalue weighted by Gasteiger charge is -2.30. The number of hydrogen-bond donors (Lipinski definition) is 0. The van der Waals surface area contributed by atoms with E-state index in [9.17, 15) is 13.2 Å². The number of anilines is 1. The number of likely N-dealkylation sites (N-methyl/N-ethyl adjacent to an activating group) is 1. The summed E-state index contributed by atoms with van der Waals surface area (Å²) in [5, 5.41) is 3.97. The second kappa shape index (κ2) is 8.89. The smallest absolute Gasteiger partial charge is 0.246 e. The Hall–Kier alpha value is -3.20. The summed E-state index contributed by atoms with van der Waals surface area (Å²) in [5.74, 6) is 0.308. The summed E-state index contributed by atoms with van der Waals surface area (Å²) in [6.45, 7) is 5.52. The van der Waals surface area contributed by atoms with Crippen molar-refractivity contribution < 1.29 is 17.7 Å². The SMILES string of the molecule is Cc1ccc(-c2noc(CN(C)C(=O)[C@@H](C)N(c3ccc(C)cc3)S(C)(=O)=O)n2)cc1. The van der Waals surface area contributed by atoms with Crippen LogP contribution in [0.25, 0.3) is 11.4 Å². The van der Waals surface area contributed by atoms with E-state index in [1.807, 2.05) is 38.1 Å². The molecule has 0 aliphatic carbocycles. The van der Waals surface area contributed by atoms with Crippen LogP contribution >= 0.6 is 0 Å². The minimum Gasteiger partial charge on any atom is -0.337 e. The van der Waals surface area contributed by atoms with E-state index in [1.165, 1.54) is 4.90 Å². The summed E-state index contributed by atoms with van der Waals surface area (Å²) in [4.78, 5) is 18.7. The molecule has 164 valence electrons. The topological polar surface area (TPSA) is 96.6 Å².